The molecule has 5 nitrogen and oxygen atoms in total. The molecule has 0 saturated heterocycles. The van der Waals surface area contributed by atoms with Crippen molar-refractivity contribution in [1.82, 2.24) is 5.32 Å². The molecule has 1 rings (SSSR count). The molecule has 1 amide bonds. The summed E-state index contributed by atoms with van der Waals surface area (Å²) in [6.45, 7) is 7.96. The van der Waals surface area contributed by atoms with Crippen LogP contribution in [0.25, 0.3) is 0 Å². The van der Waals surface area contributed by atoms with E-state index in [4.69, 9.17) is 4.74 Å². The Bertz CT molecular complexity index is 380. The van der Waals surface area contributed by atoms with E-state index in [9.17, 15) is 14.7 Å². The van der Waals surface area contributed by atoms with Crippen LogP contribution in [0, 0.1) is 17.3 Å². The van der Waals surface area contributed by atoms with Crippen LogP contribution in [0.4, 0.5) is 0 Å². The molecule has 4 atom stereocenters. The SMILES string of the molecule is COC(C)CCC(=O)NC1CCC(C(=O)O)C(C)(C)C1C. The molecule has 0 heterocycles. The van der Waals surface area contributed by atoms with Crippen LogP contribution in [-0.2, 0) is 14.3 Å². The summed E-state index contributed by atoms with van der Waals surface area (Å²) in [4.78, 5) is 23.4. The van der Waals surface area contributed by atoms with Crippen LogP contribution >= 0.6 is 0 Å². The topological polar surface area (TPSA) is 75.6 Å². The average molecular weight is 299 g/mol. The first-order valence-electron chi connectivity index (χ1n) is 7.75. The van der Waals surface area contributed by atoms with Gasteiger partial charge in [0.1, 0.15) is 0 Å². The fourth-order valence-electron chi connectivity index (χ4n) is 3.17. The summed E-state index contributed by atoms with van der Waals surface area (Å²) in [6.07, 6.45) is 2.57. The number of carboxylic acids is 1. The number of carboxylic acid groups (broad SMARTS) is 1. The van der Waals surface area contributed by atoms with Crippen molar-refractivity contribution >= 4 is 11.9 Å². The second-order valence-electron chi connectivity index (χ2n) is 6.84. The molecule has 122 valence electrons. The van der Waals surface area contributed by atoms with Crippen LogP contribution in [0.1, 0.15) is 53.4 Å². The summed E-state index contributed by atoms with van der Waals surface area (Å²) in [5.74, 6) is -0.906. The van der Waals surface area contributed by atoms with Gasteiger partial charge in [0.15, 0.2) is 0 Å². The predicted octanol–water partition coefficient (Wildman–Crippen LogP) is 2.44. The monoisotopic (exact) mass is 299 g/mol. The normalized spacial score (nSPS) is 29.7. The number of methoxy groups -OCH3 is 1. The molecule has 2 N–H and O–H groups in total. The Labute approximate surface area is 127 Å². The van der Waals surface area contributed by atoms with Crippen molar-refractivity contribution in [2.45, 2.75) is 65.5 Å². The van der Waals surface area contributed by atoms with Crippen LogP contribution in [0.15, 0.2) is 0 Å². The maximum Gasteiger partial charge on any atom is 0.307 e. The minimum absolute atomic E-state index is 0.0281. The first kappa shape index (κ1) is 18.0. The highest BCUT2D eigenvalue weighted by molar-refractivity contribution is 5.76. The van der Waals surface area contributed by atoms with E-state index in [-0.39, 0.29) is 35.3 Å². The summed E-state index contributed by atoms with van der Waals surface area (Å²) < 4.78 is 5.14. The highest BCUT2D eigenvalue weighted by Crippen LogP contribution is 2.45. The summed E-state index contributed by atoms with van der Waals surface area (Å²) in [7, 11) is 1.64. The molecule has 0 aromatic rings. The summed E-state index contributed by atoms with van der Waals surface area (Å²) in [5.41, 5.74) is -0.318. The Morgan fingerprint density at radius 1 is 1.38 bits per heavy atom. The van der Waals surface area contributed by atoms with Crippen molar-refractivity contribution in [3.8, 4) is 0 Å². The molecule has 0 radical (unpaired) electrons. The molecule has 0 aromatic carbocycles. The lowest BCUT2D eigenvalue weighted by Gasteiger charge is -2.46. The van der Waals surface area contributed by atoms with Gasteiger partial charge in [-0.2, -0.15) is 0 Å². The molecule has 1 aliphatic rings. The maximum absolute atomic E-state index is 12.0. The summed E-state index contributed by atoms with van der Waals surface area (Å²) in [5, 5.41) is 12.4. The highest BCUT2D eigenvalue weighted by atomic mass is 16.5. The molecule has 0 aromatic heterocycles. The zero-order valence-electron chi connectivity index (χ0n) is 13.8. The van der Waals surface area contributed by atoms with Crippen molar-refractivity contribution in [2.24, 2.45) is 17.3 Å². The fourth-order valence-corrected chi connectivity index (χ4v) is 3.17. The Balaban J connectivity index is 2.58. The Hall–Kier alpha value is -1.10. The van der Waals surface area contributed by atoms with E-state index in [1.807, 2.05) is 27.7 Å². The standard InChI is InChI=1S/C16H29NO4/c1-10(21-5)6-9-14(18)17-13-8-7-12(15(19)20)16(3,4)11(13)2/h10-13H,6-9H2,1-5H3,(H,17,18)(H,19,20). The van der Waals surface area contributed by atoms with Crippen molar-refractivity contribution in [3.05, 3.63) is 0 Å². The smallest absolute Gasteiger partial charge is 0.307 e. The van der Waals surface area contributed by atoms with Crippen LogP contribution < -0.4 is 5.32 Å². The Morgan fingerprint density at radius 3 is 2.52 bits per heavy atom. The van der Waals surface area contributed by atoms with Crippen molar-refractivity contribution < 1.29 is 19.4 Å². The quantitative estimate of drug-likeness (QED) is 0.790. The maximum atomic E-state index is 12.0. The number of ether oxygens (including phenoxy) is 1. The molecule has 0 spiro atoms. The van der Waals surface area contributed by atoms with Gasteiger partial charge in [0.25, 0.3) is 0 Å². The van der Waals surface area contributed by atoms with Crippen LogP contribution in [0.3, 0.4) is 0 Å². The van der Waals surface area contributed by atoms with Gasteiger partial charge in [-0.3, -0.25) is 9.59 Å². The predicted molar refractivity (Wildman–Crippen MR) is 80.9 cm³/mol. The van der Waals surface area contributed by atoms with Gasteiger partial charge in [-0.25, -0.2) is 0 Å². The van der Waals surface area contributed by atoms with Crippen molar-refractivity contribution in [3.63, 3.8) is 0 Å². The third-order valence-electron chi connectivity index (χ3n) is 5.27. The first-order chi connectivity index (χ1) is 9.70. The van der Waals surface area contributed by atoms with Gasteiger partial charge in [-0.1, -0.05) is 20.8 Å². The van der Waals surface area contributed by atoms with Crippen LogP contribution in [0.5, 0.6) is 0 Å². The van der Waals surface area contributed by atoms with Gasteiger partial charge >= 0.3 is 5.97 Å². The number of amides is 1. The summed E-state index contributed by atoms with van der Waals surface area (Å²) in [6, 6.07) is 0.0564. The largest absolute Gasteiger partial charge is 0.481 e. The molecule has 21 heavy (non-hydrogen) atoms. The zero-order valence-corrected chi connectivity index (χ0v) is 13.8. The molecule has 1 saturated carbocycles. The number of carbonyl (C=O) groups excluding carboxylic acids is 1. The van der Waals surface area contributed by atoms with Crippen molar-refractivity contribution in [2.75, 3.05) is 7.11 Å². The first-order valence-corrected chi connectivity index (χ1v) is 7.75. The Kier molecular flexibility index (Phi) is 6.20. The van der Waals surface area contributed by atoms with E-state index < -0.39 is 5.97 Å². The minimum atomic E-state index is -0.731. The minimum Gasteiger partial charge on any atom is -0.481 e. The van der Waals surface area contributed by atoms with E-state index >= 15 is 0 Å². The van der Waals surface area contributed by atoms with Gasteiger partial charge in [0.05, 0.1) is 12.0 Å². The molecule has 0 bridgehead atoms. The lowest BCUT2D eigenvalue weighted by Crippen LogP contribution is -2.52. The number of hydrogen-bond acceptors (Lipinski definition) is 3. The van der Waals surface area contributed by atoms with E-state index in [0.717, 1.165) is 6.42 Å². The molecule has 5 heteroatoms. The van der Waals surface area contributed by atoms with Gasteiger partial charge in [0.2, 0.25) is 5.91 Å². The van der Waals surface area contributed by atoms with E-state index in [0.29, 0.717) is 19.3 Å². The third kappa shape index (κ3) is 4.43. The number of hydrogen-bond donors (Lipinski definition) is 2. The zero-order chi connectivity index (χ0) is 16.2. The van der Waals surface area contributed by atoms with Crippen LogP contribution in [-0.4, -0.2) is 36.2 Å². The number of rotatable bonds is 6. The molecular weight excluding hydrogens is 270 g/mol. The molecular formula is C16H29NO4. The van der Waals surface area contributed by atoms with E-state index in [2.05, 4.69) is 5.32 Å². The number of nitrogens with one attached hydrogen (secondary N) is 1. The molecule has 1 fully saturated rings. The lowest BCUT2D eigenvalue weighted by molar-refractivity contribution is -0.150. The van der Waals surface area contributed by atoms with Gasteiger partial charge in [-0.15, -0.1) is 0 Å². The fraction of sp³-hybridized carbons (Fsp3) is 0.875. The second-order valence-corrected chi connectivity index (χ2v) is 6.84. The van der Waals surface area contributed by atoms with Gasteiger partial charge < -0.3 is 15.2 Å². The number of carbonyl (C=O) groups is 2. The number of aliphatic carboxylic acids is 1. The molecule has 0 aliphatic heterocycles. The Morgan fingerprint density at radius 2 is 2.00 bits per heavy atom. The average Bonchev–Trinajstić information content (AvgIpc) is 2.40. The van der Waals surface area contributed by atoms with Gasteiger partial charge in [0, 0.05) is 19.6 Å². The van der Waals surface area contributed by atoms with Crippen LogP contribution in [0.2, 0.25) is 0 Å². The highest BCUT2D eigenvalue weighted by Gasteiger charge is 2.46. The molecule has 4 unspecified atom stereocenters. The van der Waals surface area contributed by atoms with E-state index in [1.165, 1.54) is 0 Å². The van der Waals surface area contributed by atoms with E-state index in [1.54, 1.807) is 7.11 Å². The summed E-state index contributed by atoms with van der Waals surface area (Å²) >= 11 is 0. The second kappa shape index (κ2) is 7.25. The molecule has 1 aliphatic carbocycles. The lowest BCUT2D eigenvalue weighted by atomic mass is 9.61. The van der Waals surface area contributed by atoms with Gasteiger partial charge in [-0.05, 0) is 37.5 Å². The third-order valence-corrected chi connectivity index (χ3v) is 5.27. The van der Waals surface area contributed by atoms with Crippen molar-refractivity contribution in [1.29, 1.82) is 0 Å².